The molecular formula is C13H15NO5. The van der Waals surface area contributed by atoms with Crippen LogP contribution < -0.4 is 5.32 Å². The maximum Gasteiger partial charge on any atom is 0.332 e. The minimum Gasteiger partial charge on any atom is -0.454 e. The second kappa shape index (κ2) is 7.27. The van der Waals surface area contributed by atoms with Gasteiger partial charge in [-0.05, 0) is 31.2 Å². The number of hydrogen-bond acceptors (Lipinski definition) is 5. The van der Waals surface area contributed by atoms with Gasteiger partial charge in [-0.2, -0.15) is 0 Å². The number of esters is 1. The first-order valence-electron chi connectivity index (χ1n) is 5.58. The number of carbonyl (C=O) groups excluding carboxylic acids is 3. The van der Waals surface area contributed by atoms with Crippen molar-refractivity contribution in [1.82, 2.24) is 0 Å². The molecule has 0 unspecified atom stereocenters. The Balaban J connectivity index is 2.44. The van der Waals surface area contributed by atoms with E-state index in [4.69, 9.17) is 0 Å². The number of Topliss-reactive ketones (excluding diaryl/α,β-unsaturated/α-hetero) is 1. The fourth-order valence-corrected chi connectivity index (χ4v) is 1.29. The molecule has 0 aliphatic rings. The Bertz CT molecular complexity index is 466. The van der Waals surface area contributed by atoms with E-state index < -0.39 is 11.9 Å². The summed E-state index contributed by atoms with van der Waals surface area (Å²) in [6.45, 7) is 0.889. The summed E-state index contributed by atoms with van der Waals surface area (Å²) < 4.78 is 9.20. The molecule has 0 saturated carbocycles. The van der Waals surface area contributed by atoms with Gasteiger partial charge in [-0.3, -0.25) is 9.59 Å². The third-order valence-corrected chi connectivity index (χ3v) is 2.20. The number of carbonyl (C=O) groups is 3. The van der Waals surface area contributed by atoms with Crippen LogP contribution in [0.3, 0.4) is 0 Å². The highest BCUT2D eigenvalue weighted by molar-refractivity contribution is 5.96. The molecule has 0 radical (unpaired) electrons. The van der Waals surface area contributed by atoms with Gasteiger partial charge in [0.05, 0.1) is 0 Å². The van der Waals surface area contributed by atoms with Crippen molar-refractivity contribution in [2.75, 3.05) is 25.6 Å². The lowest BCUT2D eigenvalue weighted by atomic mass is 10.1. The highest BCUT2D eigenvalue weighted by Gasteiger charge is 2.07. The van der Waals surface area contributed by atoms with Crippen LogP contribution in [0.5, 0.6) is 0 Å². The summed E-state index contributed by atoms with van der Waals surface area (Å²) in [5.74, 6) is -1.11. The van der Waals surface area contributed by atoms with Gasteiger partial charge in [0, 0.05) is 18.4 Å². The predicted molar refractivity (Wildman–Crippen MR) is 67.9 cm³/mol. The first kappa shape index (κ1) is 14.8. The molecule has 0 atom stereocenters. The summed E-state index contributed by atoms with van der Waals surface area (Å²) in [5.41, 5.74) is 1.09. The van der Waals surface area contributed by atoms with Crippen molar-refractivity contribution in [3.63, 3.8) is 0 Å². The van der Waals surface area contributed by atoms with Crippen molar-refractivity contribution in [3.8, 4) is 0 Å². The first-order chi connectivity index (χ1) is 9.02. The number of ketones is 1. The Morgan fingerprint density at radius 1 is 1.11 bits per heavy atom. The first-order valence-corrected chi connectivity index (χ1v) is 5.58. The van der Waals surface area contributed by atoms with Crippen LogP contribution in [0.1, 0.15) is 17.3 Å². The van der Waals surface area contributed by atoms with E-state index in [1.165, 1.54) is 14.0 Å². The van der Waals surface area contributed by atoms with Crippen molar-refractivity contribution in [1.29, 1.82) is 0 Å². The lowest BCUT2D eigenvalue weighted by Crippen LogP contribution is -2.22. The lowest BCUT2D eigenvalue weighted by Gasteiger charge is -2.06. The average molecular weight is 265 g/mol. The standard InChI is InChI=1S/C13H15NO5/c1-9(15)10-3-5-11(6-4-10)14-12(16)7-19-13(17)8-18-2/h3-6H,7-8H2,1-2H3,(H,14,16). The van der Waals surface area contributed by atoms with Crippen LogP contribution in [0.4, 0.5) is 5.69 Å². The second-order valence-electron chi connectivity index (χ2n) is 3.78. The molecule has 0 aliphatic carbocycles. The molecule has 1 rings (SSSR count). The highest BCUT2D eigenvalue weighted by Crippen LogP contribution is 2.09. The maximum atomic E-state index is 11.4. The Labute approximate surface area is 110 Å². The largest absolute Gasteiger partial charge is 0.454 e. The van der Waals surface area contributed by atoms with Crippen LogP contribution in [-0.4, -0.2) is 38.0 Å². The third-order valence-electron chi connectivity index (χ3n) is 2.20. The molecule has 0 saturated heterocycles. The van der Waals surface area contributed by atoms with Gasteiger partial charge < -0.3 is 14.8 Å². The molecule has 0 bridgehead atoms. The van der Waals surface area contributed by atoms with Gasteiger partial charge in [0.2, 0.25) is 0 Å². The zero-order valence-electron chi connectivity index (χ0n) is 10.8. The van der Waals surface area contributed by atoms with Crippen molar-refractivity contribution in [2.45, 2.75) is 6.92 Å². The molecule has 1 amide bonds. The Hall–Kier alpha value is -2.21. The fourth-order valence-electron chi connectivity index (χ4n) is 1.29. The summed E-state index contributed by atoms with van der Waals surface area (Å²) in [4.78, 5) is 33.5. The molecule has 102 valence electrons. The van der Waals surface area contributed by atoms with Gasteiger partial charge in [0.15, 0.2) is 12.4 Å². The third kappa shape index (κ3) is 5.31. The lowest BCUT2D eigenvalue weighted by molar-refractivity contribution is -0.150. The molecule has 0 aromatic heterocycles. The van der Waals surface area contributed by atoms with Gasteiger partial charge in [-0.25, -0.2) is 4.79 Å². The molecule has 0 spiro atoms. The number of benzene rings is 1. The maximum absolute atomic E-state index is 11.4. The summed E-state index contributed by atoms with van der Waals surface area (Å²) in [6.07, 6.45) is 0. The molecule has 6 nitrogen and oxygen atoms in total. The topological polar surface area (TPSA) is 81.7 Å². The number of hydrogen-bond donors (Lipinski definition) is 1. The van der Waals surface area contributed by atoms with E-state index in [-0.39, 0.29) is 19.0 Å². The van der Waals surface area contributed by atoms with Crippen molar-refractivity contribution < 1.29 is 23.9 Å². The van der Waals surface area contributed by atoms with Gasteiger partial charge in [0.25, 0.3) is 5.91 Å². The minimum absolute atomic E-state index is 0.0497. The van der Waals surface area contributed by atoms with E-state index >= 15 is 0 Å². The number of rotatable bonds is 6. The number of nitrogens with one attached hydrogen (secondary N) is 1. The van der Waals surface area contributed by atoms with Gasteiger partial charge >= 0.3 is 5.97 Å². The predicted octanol–water partition coefficient (Wildman–Crippen LogP) is 1.02. The molecule has 1 N–H and O–H groups in total. The molecule has 0 fully saturated rings. The van der Waals surface area contributed by atoms with Crippen LogP contribution >= 0.6 is 0 Å². The SMILES string of the molecule is COCC(=O)OCC(=O)Nc1ccc(C(C)=O)cc1. The van der Waals surface area contributed by atoms with E-state index in [1.807, 2.05) is 0 Å². The van der Waals surface area contributed by atoms with Crippen LogP contribution in [0.15, 0.2) is 24.3 Å². The van der Waals surface area contributed by atoms with Crippen LogP contribution in [0, 0.1) is 0 Å². The monoisotopic (exact) mass is 265 g/mol. The molecule has 0 heterocycles. The zero-order chi connectivity index (χ0) is 14.3. The Morgan fingerprint density at radius 2 is 1.74 bits per heavy atom. The normalized spacial score (nSPS) is 9.79. The zero-order valence-corrected chi connectivity index (χ0v) is 10.8. The van der Waals surface area contributed by atoms with E-state index in [1.54, 1.807) is 24.3 Å². The van der Waals surface area contributed by atoms with Crippen LogP contribution in [-0.2, 0) is 19.1 Å². The summed E-state index contributed by atoms with van der Waals surface area (Å²) in [5, 5.41) is 2.54. The van der Waals surface area contributed by atoms with Crippen LogP contribution in [0.25, 0.3) is 0 Å². The van der Waals surface area contributed by atoms with Crippen molar-refractivity contribution in [3.05, 3.63) is 29.8 Å². The number of ether oxygens (including phenoxy) is 2. The van der Waals surface area contributed by atoms with Gasteiger partial charge in [-0.15, -0.1) is 0 Å². The second-order valence-corrected chi connectivity index (χ2v) is 3.78. The molecular weight excluding hydrogens is 250 g/mol. The van der Waals surface area contributed by atoms with Crippen LogP contribution in [0.2, 0.25) is 0 Å². The molecule has 19 heavy (non-hydrogen) atoms. The average Bonchev–Trinajstić information content (AvgIpc) is 2.37. The molecule has 1 aromatic rings. The number of amides is 1. The minimum atomic E-state index is -0.607. The quantitative estimate of drug-likeness (QED) is 0.613. The number of anilines is 1. The van der Waals surface area contributed by atoms with E-state index in [9.17, 15) is 14.4 Å². The summed E-state index contributed by atoms with van der Waals surface area (Å²) in [7, 11) is 1.36. The fraction of sp³-hybridized carbons (Fsp3) is 0.308. The van der Waals surface area contributed by atoms with Crippen molar-refractivity contribution >= 4 is 23.3 Å². The van der Waals surface area contributed by atoms with E-state index in [2.05, 4.69) is 14.8 Å². The molecule has 6 heteroatoms. The Kier molecular flexibility index (Phi) is 5.69. The van der Waals surface area contributed by atoms with E-state index in [0.29, 0.717) is 11.3 Å². The highest BCUT2D eigenvalue weighted by atomic mass is 16.6. The Morgan fingerprint density at radius 3 is 2.26 bits per heavy atom. The van der Waals surface area contributed by atoms with E-state index in [0.717, 1.165) is 0 Å². The smallest absolute Gasteiger partial charge is 0.332 e. The summed E-state index contributed by atoms with van der Waals surface area (Å²) in [6, 6.07) is 6.42. The molecule has 1 aromatic carbocycles. The molecule has 0 aliphatic heterocycles. The van der Waals surface area contributed by atoms with Gasteiger partial charge in [0.1, 0.15) is 6.61 Å². The van der Waals surface area contributed by atoms with Crippen molar-refractivity contribution in [2.24, 2.45) is 0 Å². The van der Waals surface area contributed by atoms with Gasteiger partial charge in [-0.1, -0.05) is 0 Å². The number of methoxy groups -OCH3 is 1. The summed E-state index contributed by atoms with van der Waals surface area (Å²) >= 11 is 0.